The summed E-state index contributed by atoms with van der Waals surface area (Å²) in [6.45, 7) is 1.86. The second kappa shape index (κ2) is 5.73. The van der Waals surface area contributed by atoms with E-state index in [1.807, 2.05) is 6.92 Å². The number of aliphatic carboxylic acids is 1. The molecule has 0 aromatic heterocycles. The normalized spacial score (nSPS) is 14.3. The average Bonchev–Trinajstić information content (AvgIpc) is 2.76. The molecule has 106 valence electrons. The fourth-order valence-corrected chi connectivity index (χ4v) is 2.16. The van der Waals surface area contributed by atoms with Gasteiger partial charge in [0.15, 0.2) is 0 Å². The van der Waals surface area contributed by atoms with Crippen LogP contribution in [-0.2, 0) is 16.0 Å². The summed E-state index contributed by atoms with van der Waals surface area (Å²) in [4.78, 5) is 34.3. The minimum Gasteiger partial charge on any atom is -0.480 e. The number of carbonyl (C=O) groups is 3. The molecule has 1 aromatic carbocycles. The molecule has 0 spiro atoms. The largest absolute Gasteiger partial charge is 0.480 e. The fraction of sp³-hybridized carbons (Fsp3) is 0.357. The molecule has 0 fully saturated rings. The van der Waals surface area contributed by atoms with Gasteiger partial charge in [0.05, 0.1) is 6.42 Å². The minimum atomic E-state index is -1.04. The zero-order valence-corrected chi connectivity index (χ0v) is 11.1. The molecule has 0 radical (unpaired) electrons. The molecule has 6 heteroatoms. The van der Waals surface area contributed by atoms with Gasteiger partial charge in [0.1, 0.15) is 6.04 Å². The Kier molecular flexibility index (Phi) is 4.02. The van der Waals surface area contributed by atoms with E-state index in [-0.39, 0.29) is 12.3 Å². The first-order chi connectivity index (χ1) is 9.51. The van der Waals surface area contributed by atoms with E-state index in [1.165, 1.54) is 0 Å². The van der Waals surface area contributed by atoms with Gasteiger partial charge in [0.25, 0.3) is 5.91 Å². The molecule has 0 bridgehead atoms. The van der Waals surface area contributed by atoms with Crippen LogP contribution in [0.2, 0.25) is 0 Å². The monoisotopic (exact) mass is 276 g/mol. The Morgan fingerprint density at radius 1 is 1.45 bits per heavy atom. The van der Waals surface area contributed by atoms with Crippen molar-refractivity contribution in [2.24, 2.45) is 0 Å². The molecule has 0 saturated heterocycles. The van der Waals surface area contributed by atoms with Crippen molar-refractivity contribution < 1.29 is 19.5 Å². The Labute approximate surface area is 116 Å². The minimum absolute atomic E-state index is 0.105. The van der Waals surface area contributed by atoms with Crippen LogP contribution in [0.1, 0.15) is 35.7 Å². The second-order valence-electron chi connectivity index (χ2n) is 4.75. The van der Waals surface area contributed by atoms with E-state index in [0.717, 1.165) is 5.56 Å². The van der Waals surface area contributed by atoms with E-state index in [0.29, 0.717) is 24.1 Å². The highest BCUT2D eigenvalue weighted by Crippen LogP contribution is 2.23. The van der Waals surface area contributed by atoms with Crippen LogP contribution in [0.4, 0.5) is 5.69 Å². The number of anilines is 1. The zero-order valence-electron chi connectivity index (χ0n) is 11.1. The summed E-state index contributed by atoms with van der Waals surface area (Å²) in [5, 5.41) is 14.2. The Morgan fingerprint density at radius 3 is 2.85 bits per heavy atom. The van der Waals surface area contributed by atoms with Gasteiger partial charge in [-0.15, -0.1) is 0 Å². The number of hydrogen-bond donors (Lipinski definition) is 3. The van der Waals surface area contributed by atoms with Crippen LogP contribution < -0.4 is 10.6 Å². The van der Waals surface area contributed by atoms with Gasteiger partial charge in [-0.25, -0.2) is 4.79 Å². The molecular weight excluding hydrogens is 260 g/mol. The van der Waals surface area contributed by atoms with Crippen LogP contribution in [0.3, 0.4) is 0 Å². The Bertz CT molecular complexity index is 568. The SMILES string of the molecule is CCC[C@H](NC(=O)c1ccc2c(c1)CC(=O)N2)C(=O)O. The van der Waals surface area contributed by atoms with Gasteiger partial charge in [0, 0.05) is 11.3 Å². The summed E-state index contributed by atoms with van der Waals surface area (Å²) in [6.07, 6.45) is 1.29. The number of nitrogens with one attached hydrogen (secondary N) is 2. The van der Waals surface area contributed by atoms with Gasteiger partial charge in [0.2, 0.25) is 5.91 Å². The van der Waals surface area contributed by atoms with E-state index >= 15 is 0 Å². The lowest BCUT2D eigenvalue weighted by Gasteiger charge is -2.13. The molecule has 1 atom stereocenters. The molecule has 1 aliphatic rings. The molecule has 6 nitrogen and oxygen atoms in total. The lowest BCUT2D eigenvalue weighted by molar-refractivity contribution is -0.139. The maximum absolute atomic E-state index is 12.0. The van der Waals surface area contributed by atoms with Gasteiger partial charge in [-0.05, 0) is 30.2 Å². The van der Waals surface area contributed by atoms with Crippen LogP contribution in [0.25, 0.3) is 0 Å². The molecule has 1 aromatic rings. The van der Waals surface area contributed by atoms with Crippen LogP contribution in [-0.4, -0.2) is 28.9 Å². The highest BCUT2D eigenvalue weighted by Gasteiger charge is 2.22. The van der Waals surface area contributed by atoms with Gasteiger partial charge < -0.3 is 15.7 Å². The number of benzene rings is 1. The molecule has 0 aliphatic carbocycles. The lowest BCUT2D eigenvalue weighted by atomic mass is 10.1. The summed E-state index contributed by atoms with van der Waals surface area (Å²) < 4.78 is 0. The number of fused-ring (bicyclic) bond motifs is 1. The van der Waals surface area contributed by atoms with Crippen molar-refractivity contribution in [1.29, 1.82) is 0 Å². The van der Waals surface area contributed by atoms with Gasteiger partial charge in [-0.2, -0.15) is 0 Å². The second-order valence-corrected chi connectivity index (χ2v) is 4.75. The van der Waals surface area contributed by atoms with Crippen molar-refractivity contribution in [3.8, 4) is 0 Å². The number of hydrogen-bond acceptors (Lipinski definition) is 3. The van der Waals surface area contributed by atoms with Gasteiger partial charge in [-0.1, -0.05) is 13.3 Å². The summed E-state index contributed by atoms with van der Waals surface area (Å²) in [5.41, 5.74) is 1.82. The van der Waals surface area contributed by atoms with Gasteiger partial charge in [-0.3, -0.25) is 9.59 Å². The summed E-state index contributed by atoms with van der Waals surface area (Å²) in [6, 6.07) is 3.96. The lowest BCUT2D eigenvalue weighted by Crippen LogP contribution is -2.40. The quantitative estimate of drug-likeness (QED) is 0.752. The molecule has 3 N–H and O–H groups in total. The maximum Gasteiger partial charge on any atom is 0.326 e. The molecule has 20 heavy (non-hydrogen) atoms. The number of rotatable bonds is 5. The van der Waals surface area contributed by atoms with Crippen molar-refractivity contribution in [2.75, 3.05) is 5.32 Å². The standard InChI is InChI=1S/C14H16N2O4/c1-2-3-11(14(19)20)16-13(18)8-4-5-10-9(6-8)7-12(17)15-10/h4-6,11H,2-3,7H2,1H3,(H,15,17)(H,16,18)(H,19,20)/t11-/m0/s1. The van der Waals surface area contributed by atoms with Crippen LogP contribution >= 0.6 is 0 Å². The Morgan fingerprint density at radius 2 is 2.20 bits per heavy atom. The van der Waals surface area contributed by atoms with Crippen LogP contribution in [0.15, 0.2) is 18.2 Å². The summed E-state index contributed by atoms with van der Waals surface area (Å²) in [5.74, 6) is -1.59. The molecule has 2 rings (SSSR count). The number of carboxylic acid groups (broad SMARTS) is 1. The smallest absolute Gasteiger partial charge is 0.326 e. The van der Waals surface area contributed by atoms with Crippen LogP contribution in [0.5, 0.6) is 0 Å². The van der Waals surface area contributed by atoms with E-state index in [9.17, 15) is 14.4 Å². The number of carbonyl (C=O) groups excluding carboxylic acids is 2. The van der Waals surface area contributed by atoms with Crippen LogP contribution in [0, 0.1) is 0 Å². The topological polar surface area (TPSA) is 95.5 Å². The van der Waals surface area contributed by atoms with E-state index in [4.69, 9.17) is 5.11 Å². The first-order valence-electron chi connectivity index (χ1n) is 6.47. The third kappa shape index (κ3) is 2.96. The predicted octanol–water partition coefficient (Wildman–Crippen LogP) is 1.16. The summed E-state index contributed by atoms with van der Waals surface area (Å²) >= 11 is 0. The van der Waals surface area contributed by atoms with Crippen molar-refractivity contribution in [2.45, 2.75) is 32.2 Å². The van der Waals surface area contributed by atoms with Crippen molar-refractivity contribution in [3.05, 3.63) is 29.3 Å². The molecule has 2 amide bonds. The summed E-state index contributed by atoms with van der Waals surface area (Å²) in [7, 11) is 0. The van der Waals surface area contributed by atoms with E-state index < -0.39 is 17.9 Å². The fourth-order valence-electron chi connectivity index (χ4n) is 2.16. The van der Waals surface area contributed by atoms with E-state index in [1.54, 1.807) is 18.2 Å². The first-order valence-corrected chi connectivity index (χ1v) is 6.47. The third-order valence-electron chi connectivity index (χ3n) is 3.17. The van der Waals surface area contributed by atoms with Gasteiger partial charge >= 0.3 is 5.97 Å². The average molecular weight is 276 g/mol. The van der Waals surface area contributed by atoms with E-state index in [2.05, 4.69) is 10.6 Å². The maximum atomic E-state index is 12.0. The zero-order chi connectivity index (χ0) is 14.7. The predicted molar refractivity (Wildman–Crippen MR) is 72.6 cm³/mol. The van der Waals surface area contributed by atoms with Crippen molar-refractivity contribution >= 4 is 23.5 Å². The number of amides is 2. The molecule has 1 aliphatic heterocycles. The van der Waals surface area contributed by atoms with Crippen molar-refractivity contribution in [3.63, 3.8) is 0 Å². The Balaban J connectivity index is 2.12. The van der Waals surface area contributed by atoms with Crippen molar-refractivity contribution in [1.82, 2.24) is 5.32 Å². The first kappa shape index (κ1) is 14.0. The highest BCUT2D eigenvalue weighted by atomic mass is 16.4. The third-order valence-corrected chi connectivity index (χ3v) is 3.17. The highest BCUT2D eigenvalue weighted by molar-refractivity contribution is 6.02. The molecule has 1 heterocycles. The Hall–Kier alpha value is -2.37. The molecule has 0 unspecified atom stereocenters. The molecular formula is C14H16N2O4. The number of carboxylic acids is 1. The molecule has 0 saturated carbocycles.